The summed E-state index contributed by atoms with van der Waals surface area (Å²) in [7, 11) is 0. The van der Waals surface area contributed by atoms with Gasteiger partial charge in [-0.3, -0.25) is 4.52 Å². The molecular weight excluding hydrogens is 503 g/mol. The lowest BCUT2D eigenvalue weighted by Crippen LogP contribution is -2.32. The zero-order valence-corrected chi connectivity index (χ0v) is 19.9. The Balaban J connectivity index is 1.50. The van der Waals surface area contributed by atoms with Crippen LogP contribution in [0.1, 0.15) is 29.3 Å². The van der Waals surface area contributed by atoms with Gasteiger partial charge in [0.15, 0.2) is 6.04 Å². The third kappa shape index (κ3) is 4.42. The van der Waals surface area contributed by atoms with E-state index in [1.54, 1.807) is 16.9 Å². The lowest BCUT2D eigenvalue weighted by atomic mass is 9.98. The molecule has 1 fully saturated rings. The number of aliphatic imine (C=N–C) groups is 1. The van der Waals surface area contributed by atoms with E-state index < -0.39 is 17.6 Å². The molecule has 7 nitrogen and oxygen atoms in total. The first-order valence-electron chi connectivity index (χ1n) is 11.4. The number of anilines is 1. The van der Waals surface area contributed by atoms with Gasteiger partial charge in [0.2, 0.25) is 5.27 Å². The van der Waals surface area contributed by atoms with Crippen LogP contribution in [0.2, 0.25) is 0 Å². The predicted octanol–water partition coefficient (Wildman–Crippen LogP) is 5.28. The maximum absolute atomic E-state index is 13.2. The fraction of sp³-hybridized carbons (Fsp3) is 0.154. The summed E-state index contributed by atoms with van der Waals surface area (Å²) in [4.78, 5) is 9.38. The molecule has 0 bridgehead atoms. The number of alkyl halides is 3. The van der Waals surface area contributed by atoms with E-state index in [4.69, 9.17) is 15.2 Å². The van der Waals surface area contributed by atoms with Crippen molar-refractivity contribution >= 4 is 39.0 Å². The van der Waals surface area contributed by atoms with Crippen LogP contribution in [-0.4, -0.2) is 16.2 Å². The van der Waals surface area contributed by atoms with Crippen LogP contribution in [0.3, 0.4) is 0 Å². The predicted molar refractivity (Wildman–Crippen MR) is 131 cm³/mol. The average molecular weight is 522 g/mol. The van der Waals surface area contributed by atoms with Crippen molar-refractivity contribution in [3.05, 3.63) is 77.3 Å². The highest BCUT2D eigenvalue weighted by Crippen LogP contribution is 2.42. The van der Waals surface area contributed by atoms with Gasteiger partial charge in [-0.05, 0) is 34.0 Å². The summed E-state index contributed by atoms with van der Waals surface area (Å²) in [6.45, 7) is 0. The lowest BCUT2D eigenvalue weighted by Gasteiger charge is -2.11. The summed E-state index contributed by atoms with van der Waals surface area (Å²) in [5.74, 6) is -0.547. The fourth-order valence-corrected chi connectivity index (χ4v) is 5.07. The number of pyridine rings is 1. The first-order valence-corrected chi connectivity index (χ1v) is 12.2. The van der Waals surface area contributed by atoms with Gasteiger partial charge in [0.05, 0.1) is 21.8 Å². The largest absolute Gasteiger partial charge is 0.857 e. The molecule has 6 rings (SSSR count). The third-order valence-electron chi connectivity index (χ3n) is 6.09. The van der Waals surface area contributed by atoms with Gasteiger partial charge in [0.25, 0.3) is 6.20 Å². The van der Waals surface area contributed by atoms with Crippen molar-refractivity contribution < 1.29 is 27.5 Å². The minimum absolute atomic E-state index is 0.0645. The monoisotopic (exact) mass is 521 g/mol. The van der Waals surface area contributed by atoms with Gasteiger partial charge < -0.3 is 10.8 Å². The number of nitrogens with zero attached hydrogens (tertiary/aromatic N) is 4. The molecule has 2 aromatic carbocycles. The van der Waals surface area contributed by atoms with Gasteiger partial charge in [-0.2, -0.15) is 13.2 Å². The molecule has 1 aliphatic rings. The molecule has 0 aliphatic heterocycles. The van der Waals surface area contributed by atoms with E-state index in [0.717, 1.165) is 41.9 Å². The van der Waals surface area contributed by atoms with E-state index in [1.165, 1.54) is 12.1 Å². The maximum Gasteiger partial charge on any atom is 0.416 e. The van der Waals surface area contributed by atoms with Crippen molar-refractivity contribution in [2.75, 3.05) is 5.73 Å². The van der Waals surface area contributed by atoms with Gasteiger partial charge in [-0.1, -0.05) is 42.5 Å². The van der Waals surface area contributed by atoms with Crippen molar-refractivity contribution in [1.29, 1.82) is 0 Å². The molecule has 3 aromatic heterocycles. The Bertz CT molecular complexity index is 1640. The second kappa shape index (κ2) is 8.70. The zero-order chi connectivity index (χ0) is 25.7. The summed E-state index contributed by atoms with van der Waals surface area (Å²) in [5, 5.41) is 17.4. The van der Waals surface area contributed by atoms with Crippen LogP contribution in [0.5, 0.6) is 0 Å². The van der Waals surface area contributed by atoms with Crippen LogP contribution in [0.4, 0.5) is 24.7 Å². The lowest BCUT2D eigenvalue weighted by molar-refractivity contribution is -0.765. The van der Waals surface area contributed by atoms with E-state index in [9.17, 15) is 18.3 Å². The highest BCUT2D eigenvalue weighted by atomic mass is 32.1. The molecule has 3 heterocycles. The van der Waals surface area contributed by atoms with Crippen LogP contribution in [0.15, 0.2) is 76.4 Å². The van der Waals surface area contributed by atoms with E-state index >= 15 is 0 Å². The quantitative estimate of drug-likeness (QED) is 0.193. The fourth-order valence-electron chi connectivity index (χ4n) is 4.06. The molecular formula is C26H18F3N5O2S. The summed E-state index contributed by atoms with van der Waals surface area (Å²) in [5.41, 5.74) is 8.33. The highest BCUT2D eigenvalue weighted by molar-refractivity contribution is 7.21. The molecule has 0 unspecified atom stereocenters. The van der Waals surface area contributed by atoms with Crippen molar-refractivity contribution in [2.45, 2.75) is 25.1 Å². The SMILES string of the molecule is Nc1c(/C([O-])=N/c2c[n+](C3CC3)no2)sc2nc(-c3ccccc3)cc(-c3ccc(C(F)(F)F)cc3)c12. The van der Waals surface area contributed by atoms with Gasteiger partial charge in [-0.15, -0.1) is 11.3 Å². The molecule has 2 N–H and O–H groups in total. The van der Waals surface area contributed by atoms with Crippen molar-refractivity contribution in [3.63, 3.8) is 0 Å². The smallest absolute Gasteiger partial charge is 0.416 e. The molecule has 1 aliphatic carbocycles. The van der Waals surface area contributed by atoms with Gasteiger partial charge >= 0.3 is 12.1 Å². The Morgan fingerprint density at radius 2 is 1.81 bits per heavy atom. The second-order valence-corrected chi connectivity index (χ2v) is 9.69. The molecule has 11 heteroatoms. The van der Waals surface area contributed by atoms with Crippen LogP contribution < -0.4 is 15.5 Å². The van der Waals surface area contributed by atoms with Crippen molar-refractivity contribution in [2.24, 2.45) is 4.99 Å². The number of nitrogens with two attached hydrogens (primary N) is 1. The maximum atomic E-state index is 13.2. The van der Waals surface area contributed by atoms with Crippen molar-refractivity contribution in [3.8, 4) is 22.4 Å². The van der Waals surface area contributed by atoms with E-state index in [0.29, 0.717) is 27.0 Å². The topological polar surface area (TPSA) is 104 Å². The van der Waals surface area contributed by atoms with Crippen LogP contribution in [0.25, 0.3) is 32.6 Å². The highest BCUT2D eigenvalue weighted by Gasteiger charge is 2.35. The Hall–Kier alpha value is -4.25. The van der Waals surface area contributed by atoms with Gasteiger partial charge in [0, 0.05) is 29.7 Å². The van der Waals surface area contributed by atoms with E-state index in [2.05, 4.69) is 10.3 Å². The second-order valence-electron chi connectivity index (χ2n) is 8.69. The van der Waals surface area contributed by atoms with Crippen molar-refractivity contribution in [1.82, 2.24) is 10.3 Å². The first kappa shape index (κ1) is 23.2. The van der Waals surface area contributed by atoms with Gasteiger partial charge in [0.1, 0.15) is 4.83 Å². The minimum Gasteiger partial charge on any atom is -0.857 e. The molecule has 0 radical (unpaired) electrons. The number of aromatic nitrogens is 3. The minimum atomic E-state index is -4.46. The molecule has 0 atom stereocenters. The molecule has 1 saturated carbocycles. The molecule has 0 saturated heterocycles. The summed E-state index contributed by atoms with van der Waals surface area (Å²) >= 11 is 1.07. The summed E-state index contributed by atoms with van der Waals surface area (Å²) in [6.07, 6.45) is -0.896. The Morgan fingerprint density at radius 3 is 2.49 bits per heavy atom. The number of nitrogen functional groups attached to an aromatic ring is 1. The number of thiophene rings is 1. The summed E-state index contributed by atoms with van der Waals surface area (Å²) < 4.78 is 46.3. The summed E-state index contributed by atoms with van der Waals surface area (Å²) in [6, 6.07) is 16.2. The zero-order valence-electron chi connectivity index (χ0n) is 19.1. The molecule has 0 spiro atoms. The van der Waals surface area contributed by atoms with Crippen LogP contribution in [-0.2, 0) is 6.18 Å². The number of hydrogen-bond donors (Lipinski definition) is 1. The molecule has 186 valence electrons. The molecule has 0 amide bonds. The van der Waals surface area contributed by atoms with Gasteiger partial charge in [-0.25, -0.2) is 9.98 Å². The number of fused-ring (bicyclic) bond motifs is 1. The number of benzene rings is 2. The molecule has 37 heavy (non-hydrogen) atoms. The Kier molecular flexibility index (Phi) is 5.45. The Labute approximate surface area is 212 Å². The number of rotatable bonds is 5. The number of halogens is 3. The average Bonchev–Trinajstić information content (AvgIpc) is 3.55. The third-order valence-corrected chi connectivity index (χ3v) is 7.18. The number of hydrogen-bond acceptors (Lipinski definition) is 7. The first-order chi connectivity index (χ1) is 17.8. The normalized spacial score (nSPS) is 14.4. The van der Waals surface area contributed by atoms with Crippen LogP contribution in [0, 0.1) is 0 Å². The Morgan fingerprint density at radius 1 is 1.08 bits per heavy atom. The van der Waals surface area contributed by atoms with Crippen LogP contribution >= 0.6 is 11.3 Å². The molecule has 5 aromatic rings. The standard InChI is InChI=1S/C26H18F3N5O2S/c27-26(28,29)16-8-6-14(7-9-16)18-12-19(15-4-2-1-3-5-15)31-25-21(18)22(30)23(37-25)24(35)32-20-13-34(33-36-20)17-10-11-17/h1-9,12-13,17H,10-11H2,(H2-,30,32,33,35). The van der Waals surface area contributed by atoms with E-state index in [-0.39, 0.29) is 22.5 Å². The van der Waals surface area contributed by atoms with E-state index in [1.807, 2.05) is 30.3 Å².